The van der Waals surface area contributed by atoms with Crippen LogP contribution in [0.4, 0.5) is 5.69 Å². The molecule has 0 radical (unpaired) electrons. The molecule has 0 saturated heterocycles. The number of hydrogen-bond acceptors (Lipinski definition) is 4. The molecule has 0 saturated carbocycles. The molecule has 0 unspecified atom stereocenters. The zero-order valence-corrected chi connectivity index (χ0v) is 16.0. The summed E-state index contributed by atoms with van der Waals surface area (Å²) in [6, 6.07) is 7.21. The summed E-state index contributed by atoms with van der Waals surface area (Å²) in [5.41, 5.74) is -0.0482. The van der Waals surface area contributed by atoms with Crippen LogP contribution >= 0.6 is 0 Å². The molecule has 5 nitrogen and oxygen atoms in total. The summed E-state index contributed by atoms with van der Waals surface area (Å²) in [5.74, 6) is 0.388. The van der Waals surface area contributed by atoms with Crippen LogP contribution in [0.15, 0.2) is 18.2 Å². The van der Waals surface area contributed by atoms with Crippen molar-refractivity contribution >= 4 is 11.6 Å². The number of hydrogen-bond donors (Lipinski definition) is 1. The van der Waals surface area contributed by atoms with Crippen molar-refractivity contribution in [3.8, 4) is 11.8 Å². The van der Waals surface area contributed by atoms with Gasteiger partial charge in [0.2, 0.25) is 0 Å². The average Bonchev–Trinajstić information content (AvgIpc) is 2.56. The predicted molar refractivity (Wildman–Crippen MR) is 99.7 cm³/mol. The maximum atomic E-state index is 12.8. The van der Waals surface area contributed by atoms with Crippen molar-refractivity contribution in [1.82, 2.24) is 0 Å². The Morgan fingerprint density at radius 2 is 2.04 bits per heavy atom. The standard InChI is InChI=1S/C20H30N2O3/c1-6-8-9-12-20(5,24-7-2)19(23)22-18-11-10-17(25-15(3)4)13-16(18)14-21/h10-11,13,15H,6-9,12H2,1-5H3,(H,22,23)/t20-/m1/s1. The maximum Gasteiger partial charge on any atom is 0.256 e. The molecule has 1 atom stereocenters. The zero-order valence-electron chi connectivity index (χ0n) is 16.0. The summed E-state index contributed by atoms with van der Waals surface area (Å²) in [4.78, 5) is 12.8. The van der Waals surface area contributed by atoms with Gasteiger partial charge < -0.3 is 14.8 Å². The first kappa shape index (κ1) is 21.0. The van der Waals surface area contributed by atoms with E-state index in [2.05, 4.69) is 18.3 Å². The van der Waals surface area contributed by atoms with Gasteiger partial charge in [-0.05, 0) is 46.2 Å². The van der Waals surface area contributed by atoms with Gasteiger partial charge in [0.05, 0.1) is 17.4 Å². The lowest BCUT2D eigenvalue weighted by molar-refractivity contribution is -0.139. The van der Waals surface area contributed by atoms with Crippen molar-refractivity contribution in [3.63, 3.8) is 0 Å². The number of nitrogens with zero attached hydrogens (tertiary/aromatic N) is 1. The van der Waals surface area contributed by atoms with Gasteiger partial charge >= 0.3 is 0 Å². The van der Waals surface area contributed by atoms with Gasteiger partial charge in [-0.2, -0.15) is 5.26 Å². The van der Waals surface area contributed by atoms with Crippen LogP contribution in [0.5, 0.6) is 5.75 Å². The fraction of sp³-hybridized carbons (Fsp3) is 0.600. The van der Waals surface area contributed by atoms with E-state index in [1.54, 1.807) is 18.2 Å². The highest BCUT2D eigenvalue weighted by molar-refractivity contribution is 5.98. The molecule has 0 aliphatic carbocycles. The normalized spacial score (nSPS) is 13.2. The Labute approximate surface area is 151 Å². The number of ether oxygens (including phenoxy) is 2. The largest absolute Gasteiger partial charge is 0.491 e. The lowest BCUT2D eigenvalue weighted by Crippen LogP contribution is -2.43. The van der Waals surface area contributed by atoms with E-state index in [9.17, 15) is 10.1 Å². The lowest BCUT2D eigenvalue weighted by atomic mass is 9.96. The minimum absolute atomic E-state index is 0.0202. The van der Waals surface area contributed by atoms with Crippen LogP contribution in [-0.4, -0.2) is 24.2 Å². The summed E-state index contributed by atoms with van der Waals surface area (Å²) in [7, 11) is 0. The highest BCUT2D eigenvalue weighted by Gasteiger charge is 2.33. The Morgan fingerprint density at radius 3 is 2.60 bits per heavy atom. The van der Waals surface area contributed by atoms with Crippen LogP contribution in [0, 0.1) is 11.3 Å². The molecule has 1 amide bonds. The number of amides is 1. The summed E-state index contributed by atoms with van der Waals surface area (Å²) in [6.45, 7) is 10.1. The molecular formula is C20H30N2O3. The molecule has 138 valence electrons. The first-order chi connectivity index (χ1) is 11.9. The van der Waals surface area contributed by atoms with Crippen LogP contribution in [0.3, 0.4) is 0 Å². The van der Waals surface area contributed by atoms with E-state index in [1.807, 2.05) is 27.7 Å². The Balaban J connectivity index is 2.94. The Morgan fingerprint density at radius 1 is 1.32 bits per heavy atom. The lowest BCUT2D eigenvalue weighted by Gasteiger charge is -2.28. The van der Waals surface area contributed by atoms with E-state index in [1.165, 1.54) is 0 Å². The monoisotopic (exact) mass is 346 g/mol. The Hall–Kier alpha value is -2.06. The SMILES string of the molecule is CCCCC[C@@](C)(OCC)C(=O)Nc1ccc(OC(C)C)cc1C#N. The molecule has 1 aromatic carbocycles. The van der Waals surface area contributed by atoms with E-state index in [4.69, 9.17) is 9.47 Å². The van der Waals surface area contributed by atoms with Crippen molar-refractivity contribution in [2.45, 2.75) is 72.0 Å². The third kappa shape index (κ3) is 6.39. The summed E-state index contributed by atoms with van der Waals surface area (Å²) in [6.07, 6.45) is 3.73. The van der Waals surface area contributed by atoms with Gasteiger partial charge in [0, 0.05) is 12.7 Å². The number of benzene rings is 1. The molecule has 25 heavy (non-hydrogen) atoms. The molecule has 0 fully saturated rings. The number of unbranched alkanes of at least 4 members (excludes halogenated alkanes) is 2. The molecule has 0 bridgehead atoms. The molecule has 1 aromatic rings. The van der Waals surface area contributed by atoms with Gasteiger partial charge in [0.25, 0.3) is 5.91 Å². The van der Waals surface area contributed by atoms with E-state index >= 15 is 0 Å². The molecular weight excluding hydrogens is 316 g/mol. The number of rotatable bonds is 10. The Kier molecular flexibility index (Phi) is 8.44. The highest BCUT2D eigenvalue weighted by Crippen LogP contribution is 2.26. The smallest absolute Gasteiger partial charge is 0.256 e. The zero-order chi connectivity index (χ0) is 18.9. The van der Waals surface area contributed by atoms with Crippen molar-refractivity contribution in [1.29, 1.82) is 5.26 Å². The molecule has 0 aromatic heterocycles. The highest BCUT2D eigenvalue weighted by atomic mass is 16.5. The van der Waals surface area contributed by atoms with Crippen molar-refractivity contribution in [2.75, 3.05) is 11.9 Å². The summed E-state index contributed by atoms with van der Waals surface area (Å²) < 4.78 is 11.3. The number of anilines is 1. The molecule has 0 spiro atoms. The minimum Gasteiger partial charge on any atom is -0.491 e. The van der Waals surface area contributed by atoms with Crippen molar-refractivity contribution in [2.24, 2.45) is 0 Å². The average molecular weight is 346 g/mol. The molecule has 5 heteroatoms. The van der Waals surface area contributed by atoms with Gasteiger partial charge in [0.1, 0.15) is 17.4 Å². The predicted octanol–water partition coefficient (Wildman–Crippen LogP) is 4.66. The first-order valence-corrected chi connectivity index (χ1v) is 9.02. The van der Waals surface area contributed by atoms with Gasteiger partial charge in [-0.3, -0.25) is 4.79 Å². The van der Waals surface area contributed by atoms with Gasteiger partial charge in [-0.1, -0.05) is 26.2 Å². The van der Waals surface area contributed by atoms with Crippen LogP contribution < -0.4 is 10.1 Å². The molecule has 0 heterocycles. The van der Waals surface area contributed by atoms with E-state index in [-0.39, 0.29) is 12.0 Å². The second kappa shape index (κ2) is 10.0. The van der Waals surface area contributed by atoms with E-state index < -0.39 is 5.60 Å². The maximum absolute atomic E-state index is 12.8. The van der Waals surface area contributed by atoms with Gasteiger partial charge in [-0.15, -0.1) is 0 Å². The molecule has 0 aliphatic heterocycles. The summed E-state index contributed by atoms with van der Waals surface area (Å²) in [5, 5.41) is 12.2. The number of carbonyl (C=O) groups is 1. The number of carbonyl (C=O) groups excluding carboxylic acids is 1. The first-order valence-electron chi connectivity index (χ1n) is 9.02. The number of nitrogens with one attached hydrogen (secondary N) is 1. The topological polar surface area (TPSA) is 71.3 Å². The molecule has 0 aliphatic rings. The van der Waals surface area contributed by atoms with Gasteiger partial charge in [0.15, 0.2) is 0 Å². The van der Waals surface area contributed by atoms with Gasteiger partial charge in [-0.25, -0.2) is 0 Å². The van der Waals surface area contributed by atoms with Crippen molar-refractivity contribution in [3.05, 3.63) is 23.8 Å². The minimum atomic E-state index is -0.899. The third-order valence-corrected chi connectivity index (χ3v) is 3.93. The molecule has 1 N–H and O–H groups in total. The molecule has 1 rings (SSSR count). The summed E-state index contributed by atoms with van der Waals surface area (Å²) >= 11 is 0. The van der Waals surface area contributed by atoms with E-state index in [0.717, 1.165) is 19.3 Å². The van der Waals surface area contributed by atoms with Crippen LogP contribution in [0.2, 0.25) is 0 Å². The quantitative estimate of drug-likeness (QED) is 0.625. The van der Waals surface area contributed by atoms with Crippen LogP contribution in [-0.2, 0) is 9.53 Å². The second-order valence-electron chi connectivity index (χ2n) is 6.56. The fourth-order valence-electron chi connectivity index (χ4n) is 2.61. The van der Waals surface area contributed by atoms with Crippen LogP contribution in [0.1, 0.15) is 65.9 Å². The van der Waals surface area contributed by atoms with Crippen molar-refractivity contribution < 1.29 is 14.3 Å². The number of nitriles is 1. The fourth-order valence-corrected chi connectivity index (χ4v) is 2.61. The Bertz CT molecular complexity index is 607. The van der Waals surface area contributed by atoms with Crippen LogP contribution in [0.25, 0.3) is 0 Å². The second-order valence-corrected chi connectivity index (χ2v) is 6.56. The van der Waals surface area contributed by atoms with E-state index in [0.29, 0.717) is 30.0 Å². The third-order valence-electron chi connectivity index (χ3n) is 3.93.